The van der Waals surface area contributed by atoms with E-state index in [9.17, 15) is 23.1 Å². The highest BCUT2D eigenvalue weighted by atomic mass is 19.4. The molecule has 3 aromatic rings. The molecule has 12 heteroatoms. The number of aromatic nitrogens is 4. The van der Waals surface area contributed by atoms with E-state index < -0.39 is 29.1 Å². The summed E-state index contributed by atoms with van der Waals surface area (Å²) in [5.74, 6) is -1.96. The van der Waals surface area contributed by atoms with Gasteiger partial charge in [0.15, 0.2) is 5.82 Å². The predicted molar refractivity (Wildman–Crippen MR) is 132 cm³/mol. The van der Waals surface area contributed by atoms with Crippen molar-refractivity contribution in [2.75, 3.05) is 0 Å². The molecule has 0 saturated heterocycles. The minimum Gasteiger partial charge on any atom is -0.511 e. The van der Waals surface area contributed by atoms with Crippen molar-refractivity contribution in [1.82, 2.24) is 25.1 Å². The van der Waals surface area contributed by atoms with E-state index in [0.717, 1.165) is 25.0 Å². The van der Waals surface area contributed by atoms with Crippen LogP contribution in [-0.4, -0.2) is 42.8 Å². The van der Waals surface area contributed by atoms with Crippen LogP contribution in [0.15, 0.2) is 67.1 Å². The van der Waals surface area contributed by atoms with Crippen molar-refractivity contribution < 1.29 is 23.1 Å². The summed E-state index contributed by atoms with van der Waals surface area (Å²) in [5.41, 5.74) is 6.79. The zero-order valence-corrected chi connectivity index (χ0v) is 20.3. The number of nitrogens with two attached hydrogens (primary N) is 1. The quantitative estimate of drug-likeness (QED) is 0.214. The number of allylic oxidation sites excluding steroid dienone is 1. The summed E-state index contributed by atoms with van der Waals surface area (Å²) in [4.78, 5) is 21.0. The van der Waals surface area contributed by atoms with Gasteiger partial charge in [0, 0.05) is 54.6 Å². The van der Waals surface area contributed by atoms with Crippen LogP contribution >= 0.6 is 0 Å². The maximum absolute atomic E-state index is 13.0. The maximum atomic E-state index is 13.0. The van der Waals surface area contributed by atoms with E-state index in [0.29, 0.717) is 28.6 Å². The Morgan fingerprint density at radius 2 is 1.76 bits per heavy atom. The number of hydrogen-bond donors (Lipinski definition) is 4. The second-order valence-corrected chi connectivity index (χ2v) is 8.77. The number of aryl methyl sites for hydroxylation is 1. The summed E-state index contributed by atoms with van der Waals surface area (Å²) in [7, 11) is 1.81. The Hall–Kier alpha value is -4.48. The maximum Gasteiger partial charge on any atom is 0.400 e. The molecule has 0 atom stereocenters. The van der Waals surface area contributed by atoms with Crippen LogP contribution in [0.1, 0.15) is 30.8 Å². The van der Waals surface area contributed by atoms with E-state index in [2.05, 4.69) is 20.4 Å². The van der Waals surface area contributed by atoms with E-state index in [1.165, 1.54) is 6.20 Å². The lowest BCUT2D eigenvalue weighted by molar-refractivity contribution is -0.206. The SMILES string of the molecule is Cn1cc(-c2cnc(C(=CN)c3ccc(CC(=O)NC(=N)/C=C(\O)C(C)(C)C(F)(F)F)cc3)nc2)cn1. The summed E-state index contributed by atoms with van der Waals surface area (Å²) < 4.78 is 40.7. The van der Waals surface area contributed by atoms with Crippen molar-refractivity contribution in [3.05, 3.63) is 84.0 Å². The number of amides is 1. The number of alkyl halides is 3. The third-order valence-corrected chi connectivity index (χ3v) is 5.63. The van der Waals surface area contributed by atoms with Gasteiger partial charge in [-0.2, -0.15) is 18.3 Å². The normalized spacial score (nSPS) is 12.9. The van der Waals surface area contributed by atoms with Crippen LogP contribution in [0, 0.1) is 10.8 Å². The van der Waals surface area contributed by atoms with Gasteiger partial charge in [0.1, 0.15) is 17.0 Å². The molecule has 2 heterocycles. The van der Waals surface area contributed by atoms with Crippen LogP contribution in [0.3, 0.4) is 0 Å². The number of rotatable bonds is 7. The van der Waals surface area contributed by atoms with Gasteiger partial charge in [-0.15, -0.1) is 0 Å². The highest BCUT2D eigenvalue weighted by Gasteiger charge is 2.50. The number of amidine groups is 1. The number of hydrogen-bond acceptors (Lipinski definition) is 7. The van der Waals surface area contributed by atoms with Crippen LogP contribution in [0.2, 0.25) is 0 Å². The van der Waals surface area contributed by atoms with E-state index >= 15 is 0 Å². The van der Waals surface area contributed by atoms with Crippen LogP contribution in [0.25, 0.3) is 16.7 Å². The molecule has 3 rings (SSSR count). The van der Waals surface area contributed by atoms with Crippen molar-refractivity contribution in [2.24, 2.45) is 18.2 Å². The molecule has 0 aliphatic rings. The third-order valence-electron chi connectivity index (χ3n) is 5.63. The Balaban J connectivity index is 1.64. The summed E-state index contributed by atoms with van der Waals surface area (Å²) >= 11 is 0. The van der Waals surface area contributed by atoms with E-state index in [4.69, 9.17) is 11.1 Å². The van der Waals surface area contributed by atoms with Crippen molar-refractivity contribution in [1.29, 1.82) is 5.41 Å². The summed E-state index contributed by atoms with van der Waals surface area (Å²) in [6.07, 6.45) is 3.97. The van der Waals surface area contributed by atoms with E-state index in [-0.39, 0.29) is 6.42 Å². The van der Waals surface area contributed by atoms with Crippen molar-refractivity contribution in [3.8, 4) is 11.1 Å². The van der Waals surface area contributed by atoms with E-state index in [1.807, 2.05) is 13.2 Å². The molecule has 0 spiro atoms. The molecule has 0 aliphatic carbocycles. The third kappa shape index (κ3) is 6.40. The molecule has 0 unspecified atom stereocenters. The zero-order valence-electron chi connectivity index (χ0n) is 20.3. The summed E-state index contributed by atoms with van der Waals surface area (Å²) in [6.45, 7) is 1.55. The Morgan fingerprint density at radius 3 is 2.27 bits per heavy atom. The number of carbonyl (C=O) groups excluding carboxylic acids is 1. The smallest absolute Gasteiger partial charge is 0.400 e. The zero-order chi connectivity index (χ0) is 27.4. The number of nitrogens with zero attached hydrogens (tertiary/aromatic N) is 4. The molecule has 0 saturated carbocycles. The molecule has 0 radical (unpaired) electrons. The summed E-state index contributed by atoms with van der Waals surface area (Å²) in [6, 6.07) is 6.80. The molecular weight excluding hydrogens is 487 g/mol. The fraction of sp³-hybridized carbons (Fsp3) is 0.240. The molecule has 9 nitrogen and oxygen atoms in total. The molecule has 0 fully saturated rings. The molecule has 1 amide bonds. The first-order valence-electron chi connectivity index (χ1n) is 11.0. The standard InChI is InChI=1S/C25H26F3N7O2/c1-24(2,25(26,27)28)20(36)9-21(30)34-22(37)8-15-4-6-16(7-5-15)19(10-29)23-31-11-17(12-32-23)18-13-33-35(3)14-18/h4-7,9-14,36H,8,29H2,1-3H3,(H2,30,34,37)/b19-10?,20-9-. The van der Waals surface area contributed by atoms with Crippen LogP contribution in [-0.2, 0) is 18.3 Å². The Bertz CT molecular complexity index is 1340. The Labute approximate surface area is 211 Å². The lowest BCUT2D eigenvalue weighted by Crippen LogP contribution is -2.36. The van der Waals surface area contributed by atoms with Crippen LogP contribution in [0.4, 0.5) is 13.2 Å². The number of benzene rings is 1. The molecule has 0 bridgehead atoms. The molecule has 37 heavy (non-hydrogen) atoms. The van der Waals surface area contributed by atoms with Crippen molar-refractivity contribution in [2.45, 2.75) is 26.4 Å². The molecular formula is C25H26F3N7O2. The first-order valence-corrected chi connectivity index (χ1v) is 11.0. The average molecular weight is 514 g/mol. The number of halogens is 3. The first kappa shape index (κ1) is 27.1. The molecule has 194 valence electrons. The number of carbonyl (C=O) groups is 1. The minimum atomic E-state index is -4.72. The lowest BCUT2D eigenvalue weighted by Gasteiger charge is -2.26. The molecule has 5 N–H and O–H groups in total. The Morgan fingerprint density at radius 1 is 1.14 bits per heavy atom. The average Bonchev–Trinajstić information content (AvgIpc) is 3.26. The minimum absolute atomic E-state index is 0.141. The Kier molecular flexibility index (Phi) is 7.80. The second kappa shape index (κ2) is 10.6. The highest BCUT2D eigenvalue weighted by molar-refractivity contribution is 6.03. The van der Waals surface area contributed by atoms with Crippen LogP contribution < -0.4 is 11.1 Å². The van der Waals surface area contributed by atoms with Crippen LogP contribution in [0.5, 0.6) is 0 Å². The monoisotopic (exact) mass is 513 g/mol. The van der Waals surface area contributed by atoms with Gasteiger partial charge in [-0.05, 0) is 25.0 Å². The first-order chi connectivity index (χ1) is 17.3. The van der Waals surface area contributed by atoms with Crippen molar-refractivity contribution in [3.63, 3.8) is 0 Å². The lowest BCUT2D eigenvalue weighted by atomic mass is 9.89. The second-order valence-electron chi connectivity index (χ2n) is 8.77. The van der Waals surface area contributed by atoms with E-state index in [1.54, 1.807) is 47.5 Å². The number of aliphatic hydroxyl groups is 1. The molecule has 2 aromatic heterocycles. The highest BCUT2D eigenvalue weighted by Crippen LogP contribution is 2.42. The fourth-order valence-corrected chi connectivity index (χ4v) is 3.17. The molecule has 1 aromatic carbocycles. The van der Waals surface area contributed by atoms with Gasteiger partial charge in [0.25, 0.3) is 0 Å². The predicted octanol–water partition coefficient (Wildman–Crippen LogP) is 3.89. The van der Waals surface area contributed by atoms with Gasteiger partial charge in [0.2, 0.25) is 5.91 Å². The molecule has 0 aliphatic heterocycles. The van der Waals surface area contributed by atoms with Gasteiger partial charge in [-0.1, -0.05) is 24.3 Å². The van der Waals surface area contributed by atoms with Gasteiger partial charge >= 0.3 is 6.18 Å². The topological polar surface area (TPSA) is 143 Å². The largest absolute Gasteiger partial charge is 0.511 e. The van der Waals surface area contributed by atoms with Gasteiger partial charge in [-0.25, -0.2) is 9.97 Å². The summed E-state index contributed by atoms with van der Waals surface area (Å²) in [5, 5.41) is 23.8. The number of aliphatic hydroxyl groups excluding tert-OH is 1. The fourth-order valence-electron chi connectivity index (χ4n) is 3.17. The number of nitrogens with one attached hydrogen (secondary N) is 2. The van der Waals surface area contributed by atoms with Gasteiger partial charge in [0.05, 0.1) is 12.6 Å². The van der Waals surface area contributed by atoms with Crippen molar-refractivity contribution >= 4 is 17.3 Å². The van der Waals surface area contributed by atoms with Gasteiger partial charge in [-0.3, -0.25) is 14.9 Å². The van der Waals surface area contributed by atoms with Gasteiger partial charge < -0.3 is 16.2 Å².